The summed E-state index contributed by atoms with van der Waals surface area (Å²) >= 11 is 0. The molecule has 0 unspecified atom stereocenters. The number of carbonyl (C=O) groups excluding carboxylic acids is 1. The molecule has 0 spiro atoms. The van der Waals surface area contributed by atoms with Gasteiger partial charge in [0.1, 0.15) is 0 Å². The number of hydrogen-bond acceptors (Lipinski definition) is 2. The van der Waals surface area contributed by atoms with Crippen molar-refractivity contribution in [2.45, 2.75) is 50.1 Å². The first kappa shape index (κ1) is 19.7. The summed E-state index contributed by atoms with van der Waals surface area (Å²) in [6.45, 7) is 3.90. The Bertz CT molecular complexity index is 392. The summed E-state index contributed by atoms with van der Waals surface area (Å²) in [6, 6.07) is 0. The molecule has 2 nitrogen and oxygen atoms in total. The Morgan fingerprint density at radius 1 is 1.05 bits per heavy atom. The minimum atomic E-state index is -6.60. The summed E-state index contributed by atoms with van der Waals surface area (Å²) in [6.07, 6.45) is -8.48. The molecule has 0 rings (SSSR count). The van der Waals surface area contributed by atoms with Gasteiger partial charge in [-0.15, -0.1) is 0 Å². The van der Waals surface area contributed by atoms with Crippen molar-refractivity contribution in [1.82, 2.24) is 0 Å². The van der Waals surface area contributed by atoms with Gasteiger partial charge >= 0.3 is 29.8 Å². The third-order valence-electron chi connectivity index (χ3n) is 2.46. The van der Waals surface area contributed by atoms with Crippen LogP contribution in [-0.2, 0) is 9.53 Å². The first-order valence-electron chi connectivity index (χ1n) is 5.63. The summed E-state index contributed by atoms with van der Waals surface area (Å²) in [5, 5.41) is 0. The van der Waals surface area contributed by atoms with Gasteiger partial charge in [0.05, 0.1) is 0 Å². The van der Waals surface area contributed by atoms with Crippen LogP contribution >= 0.6 is 0 Å². The van der Waals surface area contributed by atoms with E-state index in [0.29, 0.717) is 0 Å². The molecule has 0 bridgehead atoms. The van der Waals surface area contributed by atoms with Crippen LogP contribution in [-0.4, -0.2) is 29.8 Å². The first-order chi connectivity index (χ1) is 9.27. The Labute approximate surface area is 114 Å². The van der Waals surface area contributed by atoms with Crippen LogP contribution in [0.15, 0.2) is 12.7 Å². The van der Waals surface area contributed by atoms with Crippen LogP contribution in [0.2, 0.25) is 0 Å². The molecule has 21 heavy (non-hydrogen) atoms. The normalized spacial score (nSPS) is 14.0. The molecule has 0 atom stereocenters. The monoisotopic (exact) mass is 328 g/mol. The predicted octanol–water partition coefficient (Wildman–Crippen LogP) is 4.40. The fourth-order valence-electron chi connectivity index (χ4n) is 1.20. The second-order valence-corrected chi connectivity index (χ2v) is 4.10. The molecule has 0 aromatic heterocycles. The molecule has 0 aliphatic carbocycles. The third-order valence-corrected chi connectivity index (χ3v) is 2.46. The second-order valence-electron chi connectivity index (χ2n) is 4.10. The van der Waals surface area contributed by atoms with E-state index in [1.54, 1.807) is 0 Å². The van der Waals surface area contributed by atoms with E-state index < -0.39 is 42.7 Å². The number of unbranched alkanes of at least 4 members (excludes halogenated alkanes) is 1. The van der Waals surface area contributed by atoms with Gasteiger partial charge in [-0.1, -0.05) is 19.9 Å². The number of alkyl halides is 8. The van der Waals surface area contributed by atoms with Crippen molar-refractivity contribution in [3.05, 3.63) is 12.7 Å². The van der Waals surface area contributed by atoms with Crippen molar-refractivity contribution >= 4 is 5.97 Å². The van der Waals surface area contributed by atoms with Crippen molar-refractivity contribution in [2.75, 3.05) is 0 Å². The van der Waals surface area contributed by atoms with Gasteiger partial charge < -0.3 is 4.74 Å². The van der Waals surface area contributed by atoms with Crippen molar-refractivity contribution in [2.24, 2.45) is 0 Å². The molecule has 0 aliphatic rings. The highest BCUT2D eigenvalue weighted by molar-refractivity contribution is 5.81. The predicted molar refractivity (Wildman–Crippen MR) is 55.6 cm³/mol. The Morgan fingerprint density at radius 2 is 1.52 bits per heavy atom. The molecule has 0 saturated carbocycles. The summed E-state index contributed by atoms with van der Waals surface area (Å²) in [5.74, 6) is -20.6. The molecular weight excluding hydrogens is 316 g/mol. The minimum absolute atomic E-state index is 0.00262. The van der Waals surface area contributed by atoms with E-state index in [1.807, 2.05) is 0 Å². The molecule has 0 saturated heterocycles. The maximum Gasteiger partial charge on any atom is 0.473 e. The lowest BCUT2D eigenvalue weighted by molar-refractivity contribution is -0.416. The Hall–Kier alpha value is -1.35. The van der Waals surface area contributed by atoms with Gasteiger partial charge in [0.2, 0.25) is 0 Å². The number of halogens is 8. The van der Waals surface area contributed by atoms with Gasteiger partial charge in [0.15, 0.2) is 0 Å². The fourth-order valence-corrected chi connectivity index (χ4v) is 1.20. The SMILES string of the molecule is C=CC(=O)OC(F)(F)C(F)(F)C(F)(F)C(F)(F)CCCC. The largest absolute Gasteiger partial charge is 0.473 e. The van der Waals surface area contributed by atoms with Crippen molar-refractivity contribution in [1.29, 1.82) is 0 Å². The van der Waals surface area contributed by atoms with E-state index in [2.05, 4.69) is 11.3 Å². The van der Waals surface area contributed by atoms with Crippen molar-refractivity contribution < 1.29 is 44.7 Å². The van der Waals surface area contributed by atoms with E-state index in [4.69, 9.17) is 0 Å². The van der Waals surface area contributed by atoms with Gasteiger partial charge in [-0.25, -0.2) is 4.79 Å². The Balaban J connectivity index is 5.53. The number of esters is 1. The van der Waals surface area contributed by atoms with E-state index in [-0.39, 0.29) is 12.5 Å². The zero-order valence-corrected chi connectivity index (χ0v) is 10.7. The molecule has 0 radical (unpaired) electrons. The lowest BCUT2D eigenvalue weighted by Gasteiger charge is -2.35. The van der Waals surface area contributed by atoms with Gasteiger partial charge in [-0.05, 0) is 6.42 Å². The van der Waals surface area contributed by atoms with Gasteiger partial charge in [0, 0.05) is 12.5 Å². The van der Waals surface area contributed by atoms with Crippen LogP contribution in [0.3, 0.4) is 0 Å². The summed E-state index contributed by atoms with van der Waals surface area (Å²) in [5.41, 5.74) is 0. The zero-order valence-electron chi connectivity index (χ0n) is 10.7. The molecule has 0 aromatic rings. The van der Waals surface area contributed by atoms with Gasteiger partial charge in [0.25, 0.3) is 0 Å². The van der Waals surface area contributed by atoms with E-state index in [0.717, 1.165) is 0 Å². The highest BCUT2D eigenvalue weighted by Gasteiger charge is 2.82. The Morgan fingerprint density at radius 3 is 1.90 bits per heavy atom. The molecule has 10 heteroatoms. The lowest BCUT2D eigenvalue weighted by atomic mass is 9.98. The molecule has 0 amide bonds. The molecule has 124 valence electrons. The Kier molecular flexibility index (Phi) is 5.79. The topological polar surface area (TPSA) is 26.3 Å². The van der Waals surface area contributed by atoms with Crippen LogP contribution in [0.1, 0.15) is 26.2 Å². The molecule has 0 aliphatic heterocycles. The molecule has 0 N–H and O–H groups in total. The average molecular weight is 328 g/mol. The molecule has 0 fully saturated rings. The fraction of sp³-hybridized carbons (Fsp3) is 0.727. The highest BCUT2D eigenvalue weighted by Crippen LogP contribution is 2.54. The van der Waals surface area contributed by atoms with Crippen LogP contribution in [0.4, 0.5) is 35.1 Å². The number of hydrogen-bond donors (Lipinski definition) is 0. The van der Waals surface area contributed by atoms with Crippen LogP contribution < -0.4 is 0 Å². The lowest BCUT2D eigenvalue weighted by Crippen LogP contribution is -2.63. The molecule has 0 heterocycles. The quantitative estimate of drug-likeness (QED) is 0.375. The summed E-state index contributed by atoms with van der Waals surface area (Å²) in [7, 11) is 0. The van der Waals surface area contributed by atoms with E-state index >= 15 is 0 Å². The standard InChI is InChI=1S/C11H12F8O2/c1-3-5-6-8(12,13)9(14,15)10(16,17)11(18,19)21-7(20)4-2/h4H,2-3,5-6H2,1H3. The molecule has 0 aromatic carbocycles. The first-order valence-corrected chi connectivity index (χ1v) is 5.63. The van der Waals surface area contributed by atoms with Crippen LogP contribution in [0, 0.1) is 0 Å². The number of ether oxygens (including phenoxy) is 1. The average Bonchev–Trinajstić information content (AvgIpc) is 2.34. The van der Waals surface area contributed by atoms with Crippen molar-refractivity contribution in [3.63, 3.8) is 0 Å². The van der Waals surface area contributed by atoms with Crippen LogP contribution in [0.25, 0.3) is 0 Å². The maximum atomic E-state index is 13.2. The number of carbonyl (C=O) groups is 1. The van der Waals surface area contributed by atoms with Gasteiger partial charge in [-0.2, -0.15) is 35.1 Å². The number of rotatable bonds is 8. The van der Waals surface area contributed by atoms with Crippen LogP contribution in [0.5, 0.6) is 0 Å². The second kappa shape index (κ2) is 6.18. The zero-order chi connectivity index (χ0) is 17.1. The summed E-state index contributed by atoms with van der Waals surface area (Å²) < 4.78 is 107. The van der Waals surface area contributed by atoms with E-state index in [9.17, 15) is 39.9 Å². The summed E-state index contributed by atoms with van der Waals surface area (Å²) in [4.78, 5) is 10.4. The smallest absolute Gasteiger partial charge is 0.393 e. The molecular formula is C11H12F8O2. The third kappa shape index (κ3) is 3.65. The minimum Gasteiger partial charge on any atom is -0.393 e. The highest BCUT2D eigenvalue weighted by atomic mass is 19.4. The maximum absolute atomic E-state index is 13.2. The van der Waals surface area contributed by atoms with E-state index in [1.165, 1.54) is 6.92 Å². The van der Waals surface area contributed by atoms with Crippen molar-refractivity contribution in [3.8, 4) is 0 Å². The van der Waals surface area contributed by atoms with Gasteiger partial charge in [-0.3, -0.25) is 0 Å².